The highest BCUT2D eigenvalue weighted by Crippen LogP contribution is 2.11. The number of hydrogen-bond acceptors (Lipinski definition) is 2. The van der Waals surface area contributed by atoms with Gasteiger partial charge in [0, 0.05) is 25.0 Å². The van der Waals surface area contributed by atoms with Crippen molar-refractivity contribution in [3.63, 3.8) is 0 Å². The molecule has 0 atom stereocenters. The molecule has 20 heavy (non-hydrogen) atoms. The molecule has 0 unspecified atom stereocenters. The Hall–Kier alpha value is -2.56. The summed E-state index contributed by atoms with van der Waals surface area (Å²) < 4.78 is 12.8. The van der Waals surface area contributed by atoms with Gasteiger partial charge in [-0.2, -0.15) is 0 Å². The van der Waals surface area contributed by atoms with Gasteiger partial charge in [0.1, 0.15) is 5.82 Å². The average Bonchev–Trinajstić information content (AvgIpc) is 2.44. The number of urea groups is 1. The summed E-state index contributed by atoms with van der Waals surface area (Å²) in [6, 6.07) is 12.7. The number of nitrogens with two attached hydrogens (primary N) is 1. The summed E-state index contributed by atoms with van der Waals surface area (Å²) in [6.45, 7) is 0.466. The van der Waals surface area contributed by atoms with Crippen LogP contribution in [0.3, 0.4) is 0 Å². The van der Waals surface area contributed by atoms with E-state index >= 15 is 0 Å². The largest absolute Gasteiger partial charge is 0.399 e. The van der Waals surface area contributed by atoms with Gasteiger partial charge >= 0.3 is 6.03 Å². The van der Waals surface area contributed by atoms with Gasteiger partial charge in [0.2, 0.25) is 0 Å². The molecular weight excluding hydrogens is 257 g/mol. The molecule has 0 saturated heterocycles. The fraction of sp³-hybridized carbons (Fsp3) is 0.133. The quantitative estimate of drug-likeness (QED) is 0.844. The number of nitrogen functional groups attached to an aromatic ring is 1. The number of benzene rings is 2. The lowest BCUT2D eigenvalue weighted by molar-refractivity contribution is 0.220. The zero-order valence-corrected chi connectivity index (χ0v) is 11.1. The van der Waals surface area contributed by atoms with Crippen molar-refractivity contribution < 1.29 is 9.18 Å². The third-order valence-electron chi connectivity index (χ3n) is 2.84. The number of carbonyl (C=O) groups is 1. The van der Waals surface area contributed by atoms with E-state index in [1.165, 1.54) is 29.2 Å². The van der Waals surface area contributed by atoms with Gasteiger partial charge in [-0.15, -0.1) is 0 Å². The lowest BCUT2D eigenvalue weighted by Crippen LogP contribution is -2.30. The number of nitrogens with one attached hydrogen (secondary N) is 1. The van der Waals surface area contributed by atoms with Crippen LogP contribution in [-0.4, -0.2) is 18.0 Å². The molecule has 0 aliphatic carbocycles. The fourth-order valence-corrected chi connectivity index (χ4v) is 1.72. The van der Waals surface area contributed by atoms with E-state index in [9.17, 15) is 9.18 Å². The van der Waals surface area contributed by atoms with Crippen LogP contribution in [0.5, 0.6) is 0 Å². The Bertz CT molecular complexity index is 581. The molecule has 3 N–H and O–H groups in total. The molecule has 0 saturated carbocycles. The van der Waals surface area contributed by atoms with Crippen molar-refractivity contribution in [3.05, 3.63) is 59.9 Å². The molecule has 0 bridgehead atoms. The van der Waals surface area contributed by atoms with Crippen molar-refractivity contribution in [3.8, 4) is 0 Å². The monoisotopic (exact) mass is 273 g/mol. The molecule has 2 amide bonds. The third kappa shape index (κ3) is 3.71. The van der Waals surface area contributed by atoms with E-state index in [-0.39, 0.29) is 11.8 Å². The number of nitrogens with zero attached hydrogens (tertiary/aromatic N) is 1. The van der Waals surface area contributed by atoms with Crippen molar-refractivity contribution in [2.75, 3.05) is 18.1 Å². The number of halogens is 1. The van der Waals surface area contributed by atoms with Crippen LogP contribution >= 0.6 is 0 Å². The number of anilines is 2. The molecule has 4 nitrogen and oxygen atoms in total. The molecule has 0 radical (unpaired) electrons. The zero-order chi connectivity index (χ0) is 14.5. The summed E-state index contributed by atoms with van der Waals surface area (Å²) in [7, 11) is 1.69. The molecule has 0 aromatic heterocycles. The van der Waals surface area contributed by atoms with Crippen molar-refractivity contribution in [2.24, 2.45) is 0 Å². The maximum atomic E-state index is 12.8. The van der Waals surface area contributed by atoms with Crippen LogP contribution in [0.4, 0.5) is 20.6 Å². The van der Waals surface area contributed by atoms with Gasteiger partial charge in [0.15, 0.2) is 0 Å². The molecular formula is C15H16FN3O. The maximum absolute atomic E-state index is 12.8. The lowest BCUT2D eigenvalue weighted by Gasteiger charge is -2.18. The summed E-state index contributed by atoms with van der Waals surface area (Å²) in [5.41, 5.74) is 7.83. The number of hydrogen-bond donors (Lipinski definition) is 2. The Morgan fingerprint density at radius 3 is 2.35 bits per heavy atom. The summed E-state index contributed by atoms with van der Waals surface area (Å²) in [4.78, 5) is 13.5. The van der Waals surface area contributed by atoms with Crippen LogP contribution < -0.4 is 11.1 Å². The van der Waals surface area contributed by atoms with E-state index in [1.807, 2.05) is 12.1 Å². The minimum absolute atomic E-state index is 0.256. The standard InChI is InChI=1S/C15H16FN3O/c1-19(10-11-2-6-13(17)7-3-11)15(20)18-14-8-4-12(16)5-9-14/h2-9H,10,17H2,1H3,(H,18,20). The molecule has 0 aliphatic heterocycles. The van der Waals surface area contributed by atoms with Crippen LogP contribution in [0.1, 0.15) is 5.56 Å². The first-order valence-electron chi connectivity index (χ1n) is 6.17. The maximum Gasteiger partial charge on any atom is 0.321 e. The third-order valence-corrected chi connectivity index (χ3v) is 2.84. The second-order valence-corrected chi connectivity index (χ2v) is 4.53. The molecule has 0 heterocycles. The van der Waals surface area contributed by atoms with Gasteiger partial charge in [-0.05, 0) is 42.0 Å². The molecule has 2 rings (SSSR count). The highest BCUT2D eigenvalue weighted by Gasteiger charge is 2.09. The van der Waals surface area contributed by atoms with Crippen LogP contribution in [-0.2, 0) is 6.54 Å². The number of rotatable bonds is 3. The minimum atomic E-state index is -0.335. The molecule has 104 valence electrons. The Morgan fingerprint density at radius 1 is 1.15 bits per heavy atom. The zero-order valence-electron chi connectivity index (χ0n) is 11.1. The topological polar surface area (TPSA) is 58.4 Å². The van der Waals surface area contributed by atoms with Crippen LogP contribution in [0.2, 0.25) is 0 Å². The smallest absolute Gasteiger partial charge is 0.321 e. The summed E-state index contributed by atoms with van der Waals surface area (Å²) in [5.74, 6) is -0.335. The summed E-state index contributed by atoms with van der Waals surface area (Å²) in [6.07, 6.45) is 0. The molecule has 0 spiro atoms. The van der Waals surface area contributed by atoms with Gasteiger partial charge in [-0.3, -0.25) is 0 Å². The Balaban J connectivity index is 1.94. The van der Waals surface area contributed by atoms with E-state index in [2.05, 4.69) is 5.32 Å². The first-order valence-corrected chi connectivity index (χ1v) is 6.17. The fourth-order valence-electron chi connectivity index (χ4n) is 1.72. The normalized spacial score (nSPS) is 10.1. The average molecular weight is 273 g/mol. The Morgan fingerprint density at radius 2 is 1.75 bits per heavy atom. The predicted octanol–water partition coefficient (Wildman–Crippen LogP) is 3.07. The van der Waals surface area contributed by atoms with Crippen LogP contribution in [0.15, 0.2) is 48.5 Å². The highest BCUT2D eigenvalue weighted by molar-refractivity contribution is 5.89. The molecule has 2 aromatic rings. The van der Waals surface area contributed by atoms with E-state index in [4.69, 9.17) is 5.73 Å². The summed E-state index contributed by atoms with van der Waals surface area (Å²) >= 11 is 0. The van der Waals surface area contributed by atoms with Crippen LogP contribution in [0, 0.1) is 5.82 Å². The Labute approximate surface area is 117 Å². The van der Waals surface area contributed by atoms with Gasteiger partial charge < -0.3 is 16.0 Å². The Kier molecular flexibility index (Phi) is 4.20. The SMILES string of the molecule is CN(Cc1ccc(N)cc1)C(=O)Nc1ccc(F)cc1. The van der Waals surface area contributed by atoms with Crippen molar-refractivity contribution in [1.29, 1.82) is 0 Å². The van der Waals surface area contributed by atoms with Gasteiger partial charge in [-0.25, -0.2) is 9.18 Å². The number of amides is 2. The first-order chi connectivity index (χ1) is 9.54. The highest BCUT2D eigenvalue weighted by atomic mass is 19.1. The molecule has 0 aliphatic rings. The van der Waals surface area contributed by atoms with Crippen molar-refractivity contribution >= 4 is 17.4 Å². The second kappa shape index (κ2) is 6.06. The van der Waals surface area contributed by atoms with Crippen molar-refractivity contribution in [2.45, 2.75) is 6.54 Å². The first kappa shape index (κ1) is 13.9. The van der Waals surface area contributed by atoms with Gasteiger partial charge in [-0.1, -0.05) is 12.1 Å². The molecule has 5 heteroatoms. The van der Waals surface area contributed by atoms with Gasteiger partial charge in [0.25, 0.3) is 0 Å². The molecule has 0 fully saturated rings. The number of carbonyl (C=O) groups excluding carboxylic acids is 1. The van der Waals surface area contributed by atoms with E-state index in [0.717, 1.165) is 5.56 Å². The van der Waals surface area contributed by atoms with Gasteiger partial charge in [0.05, 0.1) is 0 Å². The predicted molar refractivity (Wildman–Crippen MR) is 77.7 cm³/mol. The van der Waals surface area contributed by atoms with E-state index in [0.29, 0.717) is 17.9 Å². The lowest BCUT2D eigenvalue weighted by atomic mass is 10.2. The van der Waals surface area contributed by atoms with E-state index in [1.54, 1.807) is 19.2 Å². The van der Waals surface area contributed by atoms with E-state index < -0.39 is 0 Å². The molecule has 2 aromatic carbocycles. The minimum Gasteiger partial charge on any atom is -0.399 e. The van der Waals surface area contributed by atoms with Crippen LogP contribution in [0.25, 0.3) is 0 Å². The van der Waals surface area contributed by atoms with Crippen molar-refractivity contribution in [1.82, 2.24) is 4.90 Å². The second-order valence-electron chi connectivity index (χ2n) is 4.53. The summed E-state index contributed by atoms with van der Waals surface area (Å²) in [5, 5.41) is 2.70.